The fourth-order valence-electron chi connectivity index (χ4n) is 3.92. The Balaban J connectivity index is 2.04. The Kier molecular flexibility index (Phi) is 5.70. The van der Waals surface area contributed by atoms with Crippen LogP contribution in [-0.4, -0.2) is 31.2 Å². The third-order valence-corrected chi connectivity index (χ3v) is 7.52. The molecular formula is C17H33NSi. The zero-order valence-corrected chi connectivity index (χ0v) is 14.2. The molecule has 0 amide bonds. The Bertz CT molecular complexity index is 257. The molecule has 0 unspecified atom stereocenters. The third kappa shape index (κ3) is 4.46. The first-order chi connectivity index (χ1) is 9.12. The first-order valence-electron chi connectivity index (χ1n) is 8.52. The van der Waals surface area contributed by atoms with Crippen LogP contribution in [0.1, 0.15) is 64.2 Å². The van der Waals surface area contributed by atoms with E-state index in [9.17, 15) is 0 Å². The summed E-state index contributed by atoms with van der Waals surface area (Å²) in [7, 11) is -1.22. The van der Waals surface area contributed by atoms with Gasteiger partial charge in [0.15, 0.2) is 0 Å². The third-order valence-electron chi connectivity index (χ3n) is 5.23. The minimum absolute atomic E-state index is 0.892. The van der Waals surface area contributed by atoms with Gasteiger partial charge in [-0.25, -0.2) is 0 Å². The van der Waals surface area contributed by atoms with E-state index in [0.29, 0.717) is 0 Å². The van der Waals surface area contributed by atoms with Crippen LogP contribution in [0.5, 0.6) is 0 Å². The smallest absolute Gasteiger partial charge is 0.0854 e. The van der Waals surface area contributed by atoms with Gasteiger partial charge < -0.3 is 0 Å². The highest BCUT2D eigenvalue weighted by atomic mass is 28.3. The number of nitrogens with zero attached hydrogens (tertiary/aromatic N) is 1. The van der Waals surface area contributed by atoms with Crippen molar-refractivity contribution in [2.24, 2.45) is 0 Å². The van der Waals surface area contributed by atoms with E-state index in [2.05, 4.69) is 30.3 Å². The molecule has 0 aromatic heterocycles. The molecule has 2 aliphatic rings. The van der Waals surface area contributed by atoms with Crippen molar-refractivity contribution >= 4 is 8.07 Å². The van der Waals surface area contributed by atoms with Crippen molar-refractivity contribution in [2.75, 3.05) is 6.17 Å². The van der Waals surface area contributed by atoms with Gasteiger partial charge >= 0.3 is 0 Å². The number of rotatable bonds is 5. The molecule has 0 spiro atoms. The van der Waals surface area contributed by atoms with E-state index in [0.717, 1.165) is 12.1 Å². The highest BCUT2D eigenvalue weighted by Crippen LogP contribution is 2.31. The summed E-state index contributed by atoms with van der Waals surface area (Å²) in [6.45, 7) is 9.08. The predicted octanol–water partition coefficient (Wildman–Crippen LogP) is 4.93. The van der Waals surface area contributed by atoms with Gasteiger partial charge in [-0.3, -0.25) is 4.90 Å². The van der Waals surface area contributed by atoms with Crippen molar-refractivity contribution in [1.82, 2.24) is 4.90 Å². The Labute approximate surface area is 121 Å². The van der Waals surface area contributed by atoms with Crippen LogP contribution in [-0.2, 0) is 0 Å². The van der Waals surface area contributed by atoms with Crippen LogP contribution < -0.4 is 0 Å². The first kappa shape index (κ1) is 15.3. The van der Waals surface area contributed by atoms with E-state index in [1.54, 1.807) is 0 Å². The van der Waals surface area contributed by atoms with Crippen molar-refractivity contribution in [3.8, 4) is 0 Å². The van der Waals surface area contributed by atoms with Crippen LogP contribution in [0.3, 0.4) is 0 Å². The lowest BCUT2D eigenvalue weighted by molar-refractivity contribution is 0.0992. The summed E-state index contributed by atoms with van der Waals surface area (Å²) in [6, 6.07) is 1.78. The summed E-state index contributed by atoms with van der Waals surface area (Å²) < 4.78 is 0. The topological polar surface area (TPSA) is 3.24 Å². The summed E-state index contributed by atoms with van der Waals surface area (Å²) in [5.41, 5.74) is 2.30. The minimum atomic E-state index is -1.22. The Morgan fingerprint density at radius 1 is 0.895 bits per heavy atom. The highest BCUT2D eigenvalue weighted by Gasteiger charge is 2.32. The van der Waals surface area contributed by atoms with E-state index in [-0.39, 0.29) is 0 Å². The normalized spacial score (nSPS) is 23.7. The Morgan fingerprint density at radius 3 is 1.68 bits per heavy atom. The maximum Gasteiger partial charge on any atom is 0.0854 e. The average Bonchev–Trinajstić information content (AvgIpc) is 2.47. The van der Waals surface area contributed by atoms with Crippen molar-refractivity contribution in [3.63, 3.8) is 0 Å². The van der Waals surface area contributed by atoms with Gasteiger partial charge in [-0.15, -0.1) is 12.3 Å². The monoisotopic (exact) mass is 279 g/mol. The molecule has 0 N–H and O–H groups in total. The molecule has 2 fully saturated rings. The molecular weight excluding hydrogens is 246 g/mol. The summed E-state index contributed by atoms with van der Waals surface area (Å²) in [5.74, 6) is 0. The second kappa shape index (κ2) is 7.08. The van der Waals surface area contributed by atoms with E-state index < -0.39 is 8.07 Å². The van der Waals surface area contributed by atoms with Crippen molar-refractivity contribution in [1.29, 1.82) is 0 Å². The number of hydrogen-bond acceptors (Lipinski definition) is 1. The molecule has 0 saturated heterocycles. The fourth-order valence-corrected chi connectivity index (χ4v) is 5.50. The highest BCUT2D eigenvalue weighted by molar-refractivity contribution is 6.82. The second-order valence-electron chi connectivity index (χ2n) is 7.45. The Hall–Kier alpha value is -0.0831. The van der Waals surface area contributed by atoms with E-state index in [1.165, 1.54) is 70.4 Å². The molecule has 2 heteroatoms. The van der Waals surface area contributed by atoms with E-state index in [1.807, 2.05) is 0 Å². The standard InChI is InChI=1S/C17H33NSi/c1-4-19(2,3)15-18(16-11-7-5-8-12-16)17-13-9-6-10-14-17/h4,16-17H,1,5-15H2,2-3H3. The van der Waals surface area contributed by atoms with Gasteiger partial charge in [-0.2, -0.15) is 0 Å². The molecule has 0 atom stereocenters. The van der Waals surface area contributed by atoms with Crippen LogP contribution in [0.15, 0.2) is 12.3 Å². The van der Waals surface area contributed by atoms with Crippen LogP contribution in [0.25, 0.3) is 0 Å². The van der Waals surface area contributed by atoms with Crippen LogP contribution in [0.4, 0.5) is 0 Å². The van der Waals surface area contributed by atoms with Gasteiger partial charge in [0.25, 0.3) is 0 Å². The summed E-state index contributed by atoms with van der Waals surface area (Å²) in [4.78, 5) is 2.95. The molecule has 0 heterocycles. The molecule has 0 bridgehead atoms. The largest absolute Gasteiger partial charge is 0.300 e. The molecule has 2 aliphatic carbocycles. The second-order valence-corrected chi connectivity index (χ2v) is 12.2. The maximum atomic E-state index is 4.11. The lowest BCUT2D eigenvalue weighted by Crippen LogP contribution is -2.52. The van der Waals surface area contributed by atoms with Crippen molar-refractivity contribution in [2.45, 2.75) is 89.4 Å². The molecule has 2 saturated carbocycles. The molecule has 2 rings (SSSR count). The molecule has 0 aliphatic heterocycles. The van der Waals surface area contributed by atoms with Crippen LogP contribution in [0, 0.1) is 0 Å². The first-order valence-corrected chi connectivity index (χ1v) is 11.8. The quantitative estimate of drug-likeness (QED) is 0.645. The van der Waals surface area contributed by atoms with Crippen LogP contribution >= 0.6 is 0 Å². The van der Waals surface area contributed by atoms with Gasteiger partial charge in [-0.05, 0) is 31.9 Å². The van der Waals surface area contributed by atoms with Gasteiger partial charge in [0.1, 0.15) is 0 Å². The predicted molar refractivity (Wildman–Crippen MR) is 88.1 cm³/mol. The summed E-state index contributed by atoms with van der Waals surface area (Å²) in [6.07, 6.45) is 16.0. The van der Waals surface area contributed by atoms with Gasteiger partial charge in [0, 0.05) is 12.1 Å². The lowest BCUT2D eigenvalue weighted by Gasteiger charge is -2.44. The average molecular weight is 280 g/mol. The van der Waals surface area contributed by atoms with Crippen molar-refractivity contribution in [3.05, 3.63) is 12.3 Å². The molecule has 0 aromatic rings. The zero-order chi connectivity index (χ0) is 13.7. The minimum Gasteiger partial charge on any atom is -0.300 e. The van der Waals surface area contributed by atoms with Gasteiger partial charge in [0.2, 0.25) is 0 Å². The number of hydrogen-bond donors (Lipinski definition) is 0. The van der Waals surface area contributed by atoms with E-state index in [4.69, 9.17) is 0 Å². The maximum absolute atomic E-state index is 4.11. The van der Waals surface area contributed by atoms with Gasteiger partial charge in [0.05, 0.1) is 8.07 Å². The molecule has 0 aromatic carbocycles. The molecule has 110 valence electrons. The molecule has 19 heavy (non-hydrogen) atoms. The van der Waals surface area contributed by atoms with Gasteiger partial charge in [-0.1, -0.05) is 51.6 Å². The summed E-state index contributed by atoms with van der Waals surface area (Å²) >= 11 is 0. The summed E-state index contributed by atoms with van der Waals surface area (Å²) in [5, 5.41) is 0. The fraction of sp³-hybridized carbons (Fsp3) is 0.882. The molecule has 1 nitrogen and oxygen atoms in total. The SMILES string of the molecule is C=C[Si](C)(C)CN(C1CCCCC1)C1CCCCC1. The Morgan fingerprint density at radius 2 is 1.32 bits per heavy atom. The zero-order valence-electron chi connectivity index (χ0n) is 13.2. The van der Waals surface area contributed by atoms with Crippen molar-refractivity contribution < 1.29 is 0 Å². The van der Waals surface area contributed by atoms with E-state index >= 15 is 0 Å². The molecule has 0 radical (unpaired) electrons. The lowest BCUT2D eigenvalue weighted by atomic mass is 9.89. The van der Waals surface area contributed by atoms with Crippen LogP contribution in [0.2, 0.25) is 13.1 Å².